The van der Waals surface area contributed by atoms with Crippen molar-refractivity contribution >= 4 is 34.1 Å². The highest BCUT2D eigenvalue weighted by Crippen LogP contribution is 2.26. The Kier molecular flexibility index (Phi) is 4.54. The number of amides is 1. The maximum absolute atomic E-state index is 12.2. The molecule has 0 aliphatic heterocycles. The smallest absolute Gasteiger partial charge is 0.263 e. The quantitative estimate of drug-likeness (QED) is 0.675. The lowest BCUT2D eigenvalue weighted by Crippen LogP contribution is -2.14. The van der Waals surface area contributed by atoms with Gasteiger partial charge in [0, 0.05) is 0 Å². The SMILES string of the molecule is CCSc1nnc(NC(=O)c2c(CC)noc2C)s1. The van der Waals surface area contributed by atoms with Crippen molar-refractivity contribution in [2.45, 2.75) is 31.5 Å². The summed E-state index contributed by atoms with van der Waals surface area (Å²) in [5, 5.41) is 15.0. The fourth-order valence-corrected chi connectivity index (χ4v) is 3.20. The molecule has 0 saturated heterocycles. The van der Waals surface area contributed by atoms with Gasteiger partial charge in [0.2, 0.25) is 5.13 Å². The largest absolute Gasteiger partial charge is 0.361 e. The van der Waals surface area contributed by atoms with Crippen LogP contribution >= 0.6 is 23.1 Å². The van der Waals surface area contributed by atoms with Crippen LogP contribution in [0.2, 0.25) is 0 Å². The van der Waals surface area contributed by atoms with E-state index in [4.69, 9.17) is 4.52 Å². The van der Waals surface area contributed by atoms with Gasteiger partial charge in [-0.3, -0.25) is 10.1 Å². The van der Waals surface area contributed by atoms with Crippen molar-refractivity contribution in [1.29, 1.82) is 0 Å². The number of rotatable bonds is 5. The average Bonchev–Trinajstić information content (AvgIpc) is 2.96. The van der Waals surface area contributed by atoms with Gasteiger partial charge >= 0.3 is 0 Å². The first-order chi connectivity index (χ1) is 9.15. The molecule has 1 N–H and O–H groups in total. The van der Waals surface area contributed by atoms with Crippen LogP contribution in [0.1, 0.15) is 35.7 Å². The zero-order chi connectivity index (χ0) is 13.8. The molecule has 0 atom stereocenters. The number of carbonyl (C=O) groups excluding carboxylic acids is 1. The fraction of sp³-hybridized carbons (Fsp3) is 0.455. The minimum Gasteiger partial charge on any atom is -0.361 e. The Bertz CT molecular complexity index is 579. The first-order valence-corrected chi connectivity index (χ1v) is 7.68. The van der Waals surface area contributed by atoms with Gasteiger partial charge in [-0.05, 0) is 19.1 Å². The molecule has 2 aromatic heterocycles. The molecule has 0 unspecified atom stereocenters. The van der Waals surface area contributed by atoms with E-state index in [0.717, 1.165) is 10.1 Å². The summed E-state index contributed by atoms with van der Waals surface area (Å²) < 4.78 is 5.88. The molecule has 0 bridgehead atoms. The molecule has 102 valence electrons. The van der Waals surface area contributed by atoms with E-state index in [0.29, 0.717) is 28.6 Å². The highest BCUT2D eigenvalue weighted by molar-refractivity contribution is 8.01. The second-order valence-corrected chi connectivity index (χ2v) is 6.16. The summed E-state index contributed by atoms with van der Waals surface area (Å²) in [4.78, 5) is 12.2. The number of aromatic nitrogens is 3. The number of thioether (sulfide) groups is 1. The zero-order valence-electron chi connectivity index (χ0n) is 10.9. The molecule has 0 fully saturated rings. The molecule has 0 aromatic carbocycles. The molecule has 0 aliphatic rings. The number of hydrogen-bond donors (Lipinski definition) is 1. The summed E-state index contributed by atoms with van der Waals surface area (Å²) in [5.74, 6) is 1.19. The first-order valence-electron chi connectivity index (χ1n) is 5.88. The van der Waals surface area contributed by atoms with Crippen LogP contribution in [0.25, 0.3) is 0 Å². The van der Waals surface area contributed by atoms with E-state index >= 15 is 0 Å². The molecule has 0 aliphatic carbocycles. The van der Waals surface area contributed by atoms with Crippen molar-refractivity contribution in [3.8, 4) is 0 Å². The molecule has 0 radical (unpaired) electrons. The Morgan fingerprint density at radius 1 is 1.42 bits per heavy atom. The topological polar surface area (TPSA) is 80.9 Å². The molecule has 0 spiro atoms. The number of hydrogen-bond acceptors (Lipinski definition) is 7. The highest BCUT2D eigenvalue weighted by atomic mass is 32.2. The molecule has 6 nitrogen and oxygen atoms in total. The van der Waals surface area contributed by atoms with E-state index in [2.05, 4.69) is 20.7 Å². The molecule has 2 aromatic rings. The maximum atomic E-state index is 12.2. The second-order valence-electron chi connectivity index (χ2n) is 3.67. The van der Waals surface area contributed by atoms with Crippen LogP contribution in [0, 0.1) is 6.92 Å². The number of nitrogens with zero attached hydrogens (tertiary/aromatic N) is 3. The van der Waals surface area contributed by atoms with Crippen LogP contribution in [0.5, 0.6) is 0 Å². The van der Waals surface area contributed by atoms with E-state index in [-0.39, 0.29) is 5.91 Å². The van der Waals surface area contributed by atoms with Crippen molar-refractivity contribution in [2.75, 3.05) is 11.1 Å². The maximum Gasteiger partial charge on any atom is 0.263 e. The van der Waals surface area contributed by atoms with Crippen LogP contribution < -0.4 is 5.32 Å². The van der Waals surface area contributed by atoms with Crippen molar-refractivity contribution < 1.29 is 9.32 Å². The van der Waals surface area contributed by atoms with Gasteiger partial charge in [-0.1, -0.05) is 42.1 Å². The summed E-state index contributed by atoms with van der Waals surface area (Å²) in [7, 11) is 0. The van der Waals surface area contributed by atoms with E-state index in [9.17, 15) is 4.79 Å². The van der Waals surface area contributed by atoms with Crippen molar-refractivity contribution in [1.82, 2.24) is 15.4 Å². The summed E-state index contributed by atoms with van der Waals surface area (Å²) in [6.07, 6.45) is 0.646. The lowest BCUT2D eigenvalue weighted by atomic mass is 10.1. The van der Waals surface area contributed by atoms with E-state index in [1.54, 1.807) is 18.7 Å². The van der Waals surface area contributed by atoms with Gasteiger partial charge in [0.15, 0.2) is 4.34 Å². The summed E-state index contributed by atoms with van der Waals surface area (Å²) in [5.41, 5.74) is 1.14. The third-order valence-electron chi connectivity index (χ3n) is 2.39. The Labute approximate surface area is 119 Å². The second kappa shape index (κ2) is 6.16. The predicted octanol–water partition coefficient (Wildman–Crippen LogP) is 2.76. The van der Waals surface area contributed by atoms with Crippen LogP contribution in [-0.4, -0.2) is 27.0 Å². The van der Waals surface area contributed by atoms with E-state index in [1.165, 1.54) is 11.3 Å². The zero-order valence-corrected chi connectivity index (χ0v) is 12.5. The minimum atomic E-state index is -0.250. The molecule has 1 amide bonds. The minimum absolute atomic E-state index is 0.250. The molecule has 0 saturated carbocycles. The Morgan fingerprint density at radius 3 is 2.89 bits per heavy atom. The average molecular weight is 298 g/mol. The van der Waals surface area contributed by atoms with E-state index < -0.39 is 0 Å². The predicted molar refractivity (Wildman–Crippen MR) is 74.9 cm³/mol. The van der Waals surface area contributed by atoms with Gasteiger partial charge in [0.25, 0.3) is 5.91 Å². The standard InChI is InChI=1S/C11H14N4O2S2/c1-4-7-8(6(3)17-15-7)9(16)12-10-13-14-11(19-10)18-5-2/h4-5H2,1-3H3,(H,12,13,16). The molecule has 2 rings (SSSR count). The monoisotopic (exact) mass is 298 g/mol. The molecule has 2 heterocycles. The number of carbonyl (C=O) groups is 1. The van der Waals surface area contributed by atoms with Crippen LogP contribution in [-0.2, 0) is 6.42 Å². The van der Waals surface area contributed by atoms with Crippen molar-refractivity contribution in [3.63, 3.8) is 0 Å². The first kappa shape index (κ1) is 14.0. The highest BCUT2D eigenvalue weighted by Gasteiger charge is 2.20. The Balaban J connectivity index is 2.13. The molecular weight excluding hydrogens is 284 g/mol. The normalized spacial score (nSPS) is 10.7. The summed E-state index contributed by atoms with van der Waals surface area (Å²) in [6.45, 7) is 5.69. The van der Waals surface area contributed by atoms with Crippen LogP contribution in [0.15, 0.2) is 8.86 Å². The van der Waals surface area contributed by atoms with Gasteiger partial charge in [-0.15, -0.1) is 10.2 Å². The molecular formula is C11H14N4O2S2. The lowest BCUT2D eigenvalue weighted by molar-refractivity contribution is 0.102. The molecule has 8 heteroatoms. The number of aryl methyl sites for hydroxylation is 2. The van der Waals surface area contributed by atoms with Gasteiger partial charge in [-0.2, -0.15) is 0 Å². The Hall–Kier alpha value is -1.41. The number of nitrogens with one attached hydrogen (secondary N) is 1. The third kappa shape index (κ3) is 3.13. The van der Waals surface area contributed by atoms with Crippen molar-refractivity contribution in [2.24, 2.45) is 0 Å². The summed E-state index contributed by atoms with van der Waals surface area (Å²) in [6, 6.07) is 0. The summed E-state index contributed by atoms with van der Waals surface area (Å²) >= 11 is 2.95. The van der Waals surface area contributed by atoms with Crippen molar-refractivity contribution in [3.05, 3.63) is 17.0 Å². The van der Waals surface area contributed by atoms with Gasteiger partial charge in [0.05, 0.1) is 5.69 Å². The third-order valence-corrected chi connectivity index (χ3v) is 4.24. The van der Waals surface area contributed by atoms with Gasteiger partial charge < -0.3 is 4.52 Å². The molecule has 19 heavy (non-hydrogen) atoms. The Morgan fingerprint density at radius 2 is 2.21 bits per heavy atom. The lowest BCUT2D eigenvalue weighted by Gasteiger charge is -2.00. The van der Waals surface area contributed by atoms with E-state index in [1.807, 2.05) is 13.8 Å². The van der Waals surface area contributed by atoms with Gasteiger partial charge in [-0.25, -0.2) is 0 Å². The number of anilines is 1. The van der Waals surface area contributed by atoms with Gasteiger partial charge in [0.1, 0.15) is 11.3 Å². The van der Waals surface area contributed by atoms with Crippen LogP contribution in [0.4, 0.5) is 5.13 Å². The fourth-order valence-electron chi connectivity index (χ4n) is 1.55. The van der Waals surface area contributed by atoms with Crippen LogP contribution in [0.3, 0.4) is 0 Å².